The standard InChI is InChI=1S/C26H38O5Si/c1-18(2)32(19(3)4,20(5)6)30-16-15-23(21-11-9-8-10-12-21)31-24-14-13-22(26(27)28)17-25(24)29-7/h8-14,17-20,23H,15-16H2,1-7H3,(H,27,28). The van der Waals surface area contributed by atoms with Crippen molar-refractivity contribution >= 4 is 14.3 Å². The van der Waals surface area contributed by atoms with Crippen LogP contribution in [0.4, 0.5) is 0 Å². The molecule has 6 heteroatoms. The van der Waals surface area contributed by atoms with Crippen LogP contribution < -0.4 is 9.47 Å². The van der Waals surface area contributed by atoms with Gasteiger partial charge in [0.25, 0.3) is 0 Å². The van der Waals surface area contributed by atoms with Crippen molar-refractivity contribution in [1.29, 1.82) is 0 Å². The number of rotatable bonds is 12. The lowest BCUT2D eigenvalue weighted by Gasteiger charge is -2.42. The molecule has 0 bridgehead atoms. The van der Waals surface area contributed by atoms with E-state index < -0.39 is 14.3 Å². The van der Waals surface area contributed by atoms with E-state index in [4.69, 9.17) is 13.9 Å². The first-order chi connectivity index (χ1) is 15.1. The fourth-order valence-electron chi connectivity index (χ4n) is 4.86. The Morgan fingerprint density at radius 3 is 2.00 bits per heavy atom. The number of hydrogen-bond acceptors (Lipinski definition) is 4. The topological polar surface area (TPSA) is 65.0 Å². The monoisotopic (exact) mass is 458 g/mol. The minimum Gasteiger partial charge on any atom is -0.493 e. The van der Waals surface area contributed by atoms with Crippen molar-refractivity contribution in [2.45, 2.75) is 70.7 Å². The Labute approximate surface area is 193 Å². The van der Waals surface area contributed by atoms with E-state index in [1.54, 1.807) is 6.07 Å². The number of carbonyl (C=O) groups is 1. The number of benzene rings is 2. The van der Waals surface area contributed by atoms with Crippen LogP contribution in [0.25, 0.3) is 0 Å². The zero-order valence-corrected chi connectivity index (χ0v) is 21.4. The second-order valence-corrected chi connectivity index (χ2v) is 14.6. The molecule has 0 spiro atoms. The molecule has 32 heavy (non-hydrogen) atoms. The van der Waals surface area contributed by atoms with Crippen molar-refractivity contribution in [3.8, 4) is 11.5 Å². The van der Waals surface area contributed by atoms with Crippen LogP contribution in [0.2, 0.25) is 16.6 Å². The Kier molecular flexibility index (Phi) is 9.34. The normalized spacial score (nSPS) is 12.9. The predicted octanol–water partition coefficient (Wildman–Crippen LogP) is 7.10. The van der Waals surface area contributed by atoms with Crippen LogP contribution in [0.3, 0.4) is 0 Å². The van der Waals surface area contributed by atoms with Gasteiger partial charge >= 0.3 is 5.97 Å². The number of carboxylic acids is 1. The summed E-state index contributed by atoms with van der Waals surface area (Å²) < 4.78 is 18.5. The molecule has 0 aliphatic heterocycles. The largest absolute Gasteiger partial charge is 0.493 e. The van der Waals surface area contributed by atoms with Crippen molar-refractivity contribution in [2.24, 2.45) is 0 Å². The molecule has 2 aromatic rings. The maximum atomic E-state index is 11.3. The summed E-state index contributed by atoms with van der Waals surface area (Å²) in [6.07, 6.45) is 0.452. The highest BCUT2D eigenvalue weighted by Crippen LogP contribution is 2.43. The Morgan fingerprint density at radius 2 is 1.50 bits per heavy atom. The smallest absolute Gasteiger partial charge is 0.335 e. The molecule has 0 saturated carbocycles. The third kappa shape index (κ3) is 5.93. The quantitative estimate of drug-likeness (QED) is 0.344. The highest BCUT2D eigenvalue weighted by Gasteiger charge is 2.45. The molecule has 0 radical (unpaired) electrons. The van der Waals surface area contributed by atoms with Crippen molar-refractivity contribution < 1.29 is 23.8 Å². The number of methoxy groups -OCH3 is 1. The van der Waals surface area contributed by atoms with Crippen LogP contribution in [0, 0.1) is 0 Å². The van der Waals surface area contributed by atoms with Crippen LogP contribution in [0.5, 0.6) is 11.5 Å². The molecule has 0 heterocycles. The first-order valence-corrected chi connectivity index (χ1v) is 13.5. The lowest BCUT2D eigenvalue weighted by Crippen LogP contribution is -2.48. The molecule has 0 fully saturated rings. The van der Waals surface area contributed by atoms with Crippen molar-refractivity contribution in [1.82, 2.24) is 0 Å². The first kappa shape index (κ1) is 25.9. The third-order valence-corrected chi connectivity index (χ3v) is 12.4. The van der Waals surface area contributed by atoms with Gasteiger partial charge in [-0.15, -0.1) is 0 Å². The molecule has 5 nitrogen and oxygen atoms in total. The summed E-state index contributed by atoms with van der Waals surface area (Å²) in [7, 11) is -0.455. The summed E-state index contributed by atoms with van der Waals surface area (Å²) in [4.78, 5) is 11.3. The van der Waals surface area contributed by atoms with E-state index in [0.717, 1.165) is 5.56 Å². The maximum Gasteiger partial charge on any atom is 0.335 e. The number of hydrogen-bond donors (Lipinski definition) is 1. The molecular formula is C26H38O5Si. The highest BCUT2D eigenvalue weighted by molar-refractivity contribution is 6.77. The molecule has 1 unspecified atom stereocenters. The Bertz CT molecular complexity index is 842. The van der Waals surface area contributed by atoms with Crippen LogP contribution in [0.1, 0.15) is 70.0 Å². The van der Waals surface area contributed by atoms with Gasteiger partial charge in [-0.3, -0.25) is 0 Å². The van der Waals surface area contributed by atoms with Crippen LogP contribution in [-0.2, 0) is 4.43 Å². The van der Waals surface area contributed by atoms with Gasteiger partial charge in [0.1, 0.15) is 6.10 Å². The molecule has 0 aromatic heterocycles. The van der Waals surface area contributed by atoms with Crippen molar-refractivity contribution in [3.05, 3.63) is 59.7 Å². The fraction of sp³-hybridized carbons (Fsp3) is 0.500. The predicted molar refractivity (Wildman–Crippen MR) is 131 cm³/mol. The maximum absolute atomic E-state index is 11.3. The lowest BCUT2D eigenvalue weighted by atomic mass is 10.1. The van der Waals surface area contributed by atoms with Crippen molar-refractivity contribution in [3.63, 3.8) is 0 Å². The summed E-state index contributed by atoms with van der Waals surface area (Å²) in [5.74, 6) is -0.0753. The van der Waals surface area contributed by atoms with E-state index >= 15 is 0 Å². The van der Waals surface area contributed by atoms with E-state index in [-0.39, 0.29) is 11.7 Å². The molecule has 0 saturated heterocycles. The van der Waals surface area contributed by atoms with Crippen LogP contribution >= 0.6 is 0 Å². The zero-order valence-electron chi connectivity index (χ0n) is 20.4. The molecule has 0 aliphatic rings. The molecule has 1 N–H and O–H groups in total. The third-order valence-electron chi connectivity index (χ3n) is 6.29. The Morgan fingerprint density at radius 1 is 0.906 bits per heavy atom. The average molecular weight is 459 g/mol. The SMILES string of the molecule is COc1cc(C(=O)O)ccc1OC(CCO[Si](C(C)C)(C(C)C)C(C)C)c1ccccc1. The Hall–Kier alpha value is -2.31. The molecule has 1 atom stereocenters. The van der Waals surface area contributed by atoms with Gasteiger partial charge in [-0.25, -0.2) is 4.79 Å². The van der Waals surface area contributed by atoms with Crippen LogP contribution in [0.15, 0.2) is 48.5 Å². The lowest BCUT2D eigenvalue weighted by molar-refractivity contribution is 0.0696. The van der Waals surface area contributed by atoms with Gasteiger partial charge in [0.15, 0.2) is 19.8 Å². The minimum atomic E-state index is -1.97. The van der Waals surface area contributed by atoms with Gasteiger partial charge < -0.3 is 19.0 Å². The summed E-state index contributed by atoms with van der Waals surface area (Å²) >= 11 is 0. The van der Waals surface area contributed by atoms with Crippen molar-refractivity contribution in [2.75, 3.05) is 13.7 Å². The second kappa shape index (κ2) is 11.5. The van der Waals surface area contributed by atoms with Gasteiger partial charge in [-0.1, -0.05) is 71.9 Å². The molecule has 176 valence electrons. The first-order valence-electron chi connectivity index (χ1n) is 11.4. The molecule has 2 rings (SSSR count). The highest BCUT2D eigenvalue weighted by atomic mass is 28.4. The van der Waals surface area contributed by atoms with Gasteiger partial charge in [0.05, 0.1) is 12.7 Å². The zero-order chi connectivity index (χ0) is 23.9. The van der Waals surface area contributed by atoms with E-state index in [9.17, 15) is 9.90 Å². The second-order valence-electron chi connectivity index (χ2n) is 9.14. The van der Waals surface area contributed by atoms with Gasteiger partial charge in [0, 0.05) is 13.0 Å². The van der Waals surface area contributed by atoms with Gasteiger partial charge in [0.2, 0.25) is 0 Å². The summed E-state index contributed by atoms with van der Waals surface area (Å²) in [5.41, 5.74) is 2.76. The molecule has 0 aliphatic carbocycles. The van der Waals surface area contributed by atoms with E-state index in [2.05, 4.69) is 41.5 Å². The van der Waals surface area contributed by atoms with E-state index in [1.165, 1.54) is 19.2 Å². The number of carboxylic acid groups (broad SMARTS) is 1. The Balaban J connectivity index is 2.27. The van der Waals surface area contributed by atoms with Gasteiger partial charge in [-0.2, -0.15) is 0 Å². The minimum absolute atomic E-state index is 0.162. The van der Waals surface area contributed by atoms with E-state index in [1.807, 2.05) is 30.3 Å². The fourth-order valence-corrected chi connectivity index (χ4v) is 10.3. The molecule has 0 amide bonds. The summed E-state index contributed by atoms with van der Waals surface area (Å²) in [5, 5.41) is 9.27. The van der Waals surface area contributed by atoms with Gasteiger partial charge in [-0.05, 0) is 40.4 Å². The van der Waals surface area contributed by atoms with E-state index in [0.29, 0.717) is 41.2 Å². The molecule has 2 aromatic carbocycles. The molecular weight excluding hydrogens is 420 g/mol. The van der Waals surface area contributed by atoms with Crippen LogP contribution in [-0.4, -0.2) is 33.1 Å². The average Bonchev–Trinajstić information content (AvgIpc) is 2.75. The summed E-state index contributed by atoms with van der Waals surface area (Å²) in [6, 6.07) is 14.7. The number of aromatic carboxylic acids is 1. The number of ether oxygens (including phenoxy) is 2. The summed E-state index contributed by atoms with van der Waals surface area (Å²) in [6.45, 7) is 14.3.